The number of carbonyl (C=O) groups is 1. The lowest BCUT2D eigenvalue weighted by Crippen LogP contribution is -2.32. The number of rotatable bonds is 5. The summed E-state index contributed by atoms with van der Waals surface area (Å²) < 4.78 is 1.68. The van der Waals surface area contributed by atoms with Gasteiger partial charge in [0.1, 0.15) is 11.2 Å². The largest absolute Gasteiger partial charge is 0.336 e. The fraction of sp³-hybridized carbons (Fsp3) is 0.579. The van der Waals surface area contributed by atoms with Crippen LogP contribution in [0.15, 0.2) is 6.33 Å². The van der Waals surface area contributed by atoms with Crippen molar-refractivity contribution >= 4 is 33.1 Å². The second kappa shape index (κ2) is 6.95. The molecule has 3 heterocycles. The number of carbonyl (C=O) groups excluding carboxylic acids is 1. The van der Waals surface area contributed by atoms with Gasteiger partial charge in [-0.25, -0.2) is 14.5 Å². The number of hydrogen-bond acceptors (Lipinski definition) is 5. The van der Waals surface area contributed by atoms with Gasteiger partial charge in [0.25, 0.3) is 5.91 Å². The zero-order valence-electron chi connectivity index (χ0n) is 15.7. The Labute approximate surface area is 157 Å². The van der Waals surface area contributed by atoms with Gasteiger partial charge in [-0.15, -0.1) is 16.4 Å². The monoisotopic (exact) mass is 371 g/mol. The molecule has 1 aliphatic rings. The Morgan fingerprint density at radius 2 is 2.27 bits per heavy atom. The molecule has 0 saturated carbocycles. The van der Waals surface area contributed by atoms with Crippen LogP contribution in [0.4, 0.5) is 0 Å². The molecule has 1 amide bonds. The molecule has 0 saturated heterocycles. The molecule has 4 rings (SSSR count). The van der Waals surface area contributed by atoms with Gasteiger partial charge in [-0.1, -0.05) is 20.3 Å². The van der Waals surface area contributed by atoms with Gasteiger partial charge < -0.3 is 4.90 Å². The summed E-state index contributed by atoms with van der Waals surface area (Å²) in [6.45, 7) is 7.83. The van der Waals surface area contributed by atoms with Crippen LogP contribution in [0.1, 0.15) is 73.4 Å². The molecular formula is C19H25N5OS. The van der Waals surface area contributed by atoms with Crippen molar-refractivity contribution in [1.29, 1.82) is 0 Å². The third kappa shape index (κ3) is 2.78. The van der Waals surface area contributed by atoms with E-state index in [-0.39, 0.29) is 11.7 Å². The number of aromatic nitrogens is 4. The standard InChI is InChI=1S/C19H25N5OS/c1-4-6-10-23(5-2)19(25)16-21-17-15-14-12(3)8-7-9-13(14)26-18(15)20-11-24(17)22-16/h11-12H,4-10H2,1-3H3/t12-/m0/s1. The zero-order chi connectivity index (χ0) is 18.3. The molecule has 0 unspecified atom stereocenters. The van der Waals surface area contributed by atoms with E-state index >= 15 is 0 Å². The Morgan fingerprint density at radius 3 is 3.04 bits per heavy atom. The van der Waals surface area contributed by atoms with Gasteiger partial charge in [-0.2, -0.15) is 0 Å². The second-order valence-electron chi connectivity index (χ2n) is 7.10. The summed E-state index contributed by atoms with van der Waals surface area (Å²) in [6.07, 6.45) is 7.29. The van der Waals surface area contributed by atoms with E-state index in [0.29, 0.717) is 12.5 Å². The number of nitrogens with zero attached hydrogens (tertiary/aromatic N) is 5. The average molecular weight is 372 g/mol. The highest BCUT2D eigenvalue weighted by molar-refractivity contribution is 7.19. The topological polar surface area (TPSA) is 63.4 Å². The van der Waals surface area contributed by atoms with E-state index in [0.717, 1.165) is 41.7 Å². The first-order chi connectivity index (χ1) is 12.6. The third-order valence-electron chi connectivity index (χ3n) is 5.32. The van der Waals surface area contributed by atoms with Gasteiger partial charge in [0.05, 0.1) is 5.39 Å². The molecule has 6 nitrogen and oxygen atoms in total. The summed E-state index contributed by atoms with van der Waals surface area (Å²) in [6, 6.07) is 0. The molecule has 0 bridgehead atoms. The summed E-state index contributed by atoms with van der Waals surface area (Å²) in [7, 11) is 0. The van der Waals surface area contributed by atoms with E-state index in [2.05, 4.69) is 28.9 Å². The molecule has 1 aliphatic carbocycles. The number of amides is 1. The van der Waals surface area contributed by atoms with Crippen LogP contribution < -0.4 is 0 Å². The number of fused-ring (bicyclic) bond motifs is 5. The molecule has 0 fully saturated rings. The van der Waals surface area contributed by atoms with Crippen LogP contribution in [0.3, 0.4) is 0 Å². The Morgan fingerprint density at radius 1 is 1.42 bits per heavy atom. The van der Waals surface area contributed by atoms with Gasteiger partial charge in [-0.05, 0) is 44.1 Å². The molecule has 0 radical (unpaired) electrons. The van der Waals surface area contributed by atoms with Crippen molar-refractivity contribution in [3.8, 4) is 0 Å². The van der Waals surface area contributed by atoms with Crippen molar-refractivity contribution in [1.82, 2.24) is 24.5 Å². The molecule has 0 aliphatic heterocycles. The maximum absolute atomic E-state index is 12.8. The van der Waals surface area contributed by atoms with Crippen molar-refractivity contribution in [2.45, 2.75) is 58.8 Å². The van der Waals surface area contributed by atoms with Crippen molar-refractivity contribution in [2.75, 3.05) is 13.1 Å². The SMILES string of the molecule is CCCCN(CC)C(=O)c1nc2c3c4c(sc3ncn2n1)CCC[C@@H]4C. The average Bonchev–Trinajstić information content (AvgIpc) is 3.23. The van der Waals surface area contributed by atoms with E-state index in [9.17, 15) is 4.79 Å². The van der Waals surface area contributed by atoms with Crippen LogP contribution in [0, 0.1) is 0 Å². The zero-order valence-corrected chi connectivity index (χ0v) is 16.5. The van der Waals surface area contributed by atoms with Crippen molar-refractivity contribution in [2.24, 2.45) is 0 Å². The molecule has 0 spiro atoms. The van der Waals surface area contributed by atoms with Crippen LogP contribution in [0.5, 0.6) is 0 Å². The number of thiophene rings is 1. The normalized spacial score (nSPS) is 17.0. The minimum absolute atomic E-state index is 0.0880. The molecule has 7 heteroatoms. The molecular weight excluding hydrogens is 346 g/mol. The Hall–Kier alpha value is -2.02. The van der Waals surface area contributed by atoms with E-state index in [1.807, 2.05) is 11.8 Å². The Balaban J connectivity index is 1.81. The lowest BCUT2D eigenvalue weighted by atomic mass is 9.87. The predicted octanol–water partition coefficient (Wildman–Crippen LogP) is 4.04. The molecule has 1 atom stereocenters. The van der Waals surface area contributed by atoms with Crippen molar-refractivity contribution < 1.29 is 4.79 Å². The summed E-state index contributed by atoms with van der Waals surface area (Å²) in [5.74, 6) is 0.698. The summed E-state index contributed by atoms with van der Waals surface area (Å²) in [5.41, 5.74) is 2.15. The van der Waals surface area contributed by atoms with Gasteiger partial charge in [0.2, 0.25) is 5.82 Å². The van der Waals surface area contributed by atoms with E-state index in [1.54, 1.807) is 22.2 Å². The van der Waals surface area contributed by atoms with Crippen LogP contribution in [0.25, 0.3) is 15.9 Å². The third-order valence-corrected chi connectivity index (χ3v) is 6.49. The first-order valence-corrected chi connectivity index (χ1v) is 10.4. The fourth-order valence-corrected chi connectivity index (χ4v) is 5.17. The van der Waals surface area contributed by atoms with E-state index in [4.69, 9.17) is 0 Å². The van der Waals surface area contributed by atoms with Crippen LogP contribution in [-0.4, -0.2) is 43.5 Å². The fourth-order valence-electron chi connectivity index (χ4n) is 3.87. The minimum atomic E-state index is -0.0880. The Bertz CT molecular complexity index is 960. The maximum Gasteiger partial charge on any atom is 0.293 e. The molecule has 0 aromatic carbocycles. The van der Waals surface area contributed by atoms with Crippen LogP contribution >= 0.6 is 11.3 Å². The van der Waals surface area contributed by atoms with Crippen LogP contribution in [-0.2, 0) is 6.42 Å². The van der Waals surface area contributed by atoms with E-state index < -0.39 is 0 Å². The first kappa shape index (κ1) is 17.4. The Kier molecular flexibility index (Phi) is 4.65. The highest BCUT2D eigenvalue weighted by Crippen LogP contribution is 2.42. The lowest BCUT2D eigenvalue weighted by Gasteiger charge is -2.18. The molecule has 3 aromatic rings. The number of aryl methyl sites for hydroxylation is 1. The van der Waals surface area contributed by atoms with Gasteiger partial charge >= 0.3 is 0 Å². The second-order valence-corrected chi connectivity index (χ2v) is 8.18. The summed E-state index contributed by atoms with van der Waals surface area (Å²) in [4.78, 5) is 26.4. The van der Waals surface area contributed by atoms with Gasteiger partial charge in [-0.3, -0.25) is 4.79 Å². The van der Waals surface area contributed by atoms with E-state index in [1.165, 1.54) is 23.3 Å². The van der Waals surface area contributed by atoms with Gasteiger partial charge in [0.15, 0.2) is 5.65 Å². The summed E-state index contributed by atoms with van der Waals surface area (Å²) >= 11 is 1.77. The molecule has 26 heavy (non-hydrogen) atoms. The highest BCUT2D eigenvalue weighted by Gasteiger charge is 2.26. The van der Waals surface area contributed by atoms with Crippen molar-refractivity contribution in [3.63, 3.8) is 0 Å². The van der Waals surface area contributed by atoms with Crippen LogP contribution in [0.2, 0.25) is 0 Å². The molecule has 138 valence electrons. The molecule has 3 aromatic heterocycles. The number of unbranched alkanes of at least 4 members (excludes halogenated alkanes) is 1. The molecule has 0 N–H and O–H groups in total. The predicted molar refractivity (Wildman–Crippen MR) is 104 cm³/mol. The number of hydrogen-bond donors (Lipinski definition) is 0. The minimum Gasteiger partial charge on any atom is -0.336 e. The summed E-state index contributed by atoms with van der Waals surface area (Å²) in [5, 5.41) is 5.55. The smallest absolute Gasteiger partial charge is 0.293 e. The lowest BCUT2D eigenvalue weighted by molar-refractivity contribution is 0.0750. The van der Waals surface area contributed by atoms with Gasteiger partial charge in [0, 0.05) is 18.0 Å². The quantitative estimate of drug-likeness (QED) is 0.679. The van der Waals surface area contributed by atoms with Crippen molar-refractivity contribution in [3.05, 3.63) is 22.6 Å². The first-order valence-electron chi connectivity index (χ1n) is 9.59. The maximum atomic E-state index is 12.8. The highest BCUT2D eigenvalue weighted by atomic mass is 32.1.